The van der Waals surface area contributed by atoms with E-state index in [0.29, 0.717) is 0 Å². The van der Waals surface area contributed by atoms with Crippen molar-refractivity contribution >= 4 is 5.82 Å². The minimum atomic E-state index is 0.730. The topological polar surface area (TPSA) is 41.1 Å². The van der Waals surface area contributed by atoms with E-state index < -0.39 is 0 Å². The molecule has 3 rings (SSSR count). The lowest BCUT2D eigenvalue weighted by atomic mass is 10.3. The van der Waals surface area contributed by atoms with Gasteiger partial charge in [0.2, 0.25) is 0 Å². The first-order valence-corrected chi connectivity index (χ1v) is 7.65. The molecule has 0 amide bonds. The van der Waals surface area contributed by atoms with Crippen LogP contribution in [0.1, 0.15) is 44.7 Å². The predicted octanol–water partition coefficient (Wildman–Crippen LogP) is 2.36. The van der Waals surface area contributed by atoms with Crippen molar-refractivity contribution in [3.05, 3.63) is 18.1 Å². The lowest BCUT2D eigenvalue weighted by Gasteiger charge is -2.23. The second-order valence-corrected chi connectivity index (χ2v) is 5.87. The molecule has 0 atom stereocenters. The monoisotopic (exact) mass is 260 g/mol. The fraction of sp³-hybridized carbons (Fsp3) is 0.733. The van der Waals surface area contributed by atoms with Crippen molar-refractivity contribution in [2.24, 2.45) is 5.92 Å². The van der Waals surface area contributed by atoms with Crippen molar-refractivity contribution in [1.82, 2.24) is 15.3 Å². The van der Waals surface area contributed by atoms with Crippen LogP contribution in [-0.2, 0) is 6.54 Å². The van der Waals surface area contributed by atoms with E-state index in [2.05, 4.69) is 22.1 Å². The molecular weight excluding hydrogens is 236 g/mol. The normalized spacial score (nSPS) is 18.6. The summed E-state index contributed by atoms with van der Waals surface area (Å²) < 4.78 is 0. The molecule has 2 saturated carbocycles. The summed E-state index contributed by atoms with van der Waals surface area (Å²) in [6, 6.07) is 0.730. The second-order valence-electron chi connectivity index (χ2n) is 5.87. The summed E-state index contributed by atoms with van der Waals surface area (Å²) in [5, 5.41) is 3.39. The molecule has 0 unspecified atom stereocenters. The van der Waals surface area contributed by atoms with Crippen molar-refractivity contribution < 1.29 is 0 Å². The van der Waals surface area contributed by atoms with Crippen molar-refractivity contribution in [1.29, 1.82) is 0 Å². The minimum Gasteiger partial charge on any atom is -0.352 e. The zero-order valence-corrected chi connectivity index (χ0v) is 11.8. The predicted molar refractivity (Wildman–Crippen MR) is 77.1 cm³/mol. The standard InChI is InChI=1S/C15H24N4/c1-2-7-16-8-13-9-17-10-15(18-13)19(14-5-6-14)11-12-3-4-12/h9-10,12,14,16H,2-8,11H2,1H3. The molecule has 0 aromatic carbocycles. The van der Waals surface area contributed by atoms with Crippen LogP contribution in [0, 0.1) is 5.92 Å². The summed E-state index contributed by atoms with van der Waals surface area (Å²) in [5.74, 6) is 1.99. The maximum Gasteiger partial charge on any atom is 0.147 e. The van der Waals surface area contributed by atoms with Gasteiger partial charge in [0.05, 0.1) is 11.9 Å². The first kappa shape index (κ1) is 12.9. The maximum atomic E-state index is 4.79. The van der Waals surface area contributed by atoms with Gasteiger partial charge in [-0.3, -0.25) is 4.98 Å². The third-order valence-corrected chi connectivity index (χ3v) is 3.84. The number of aromatic nitrogens is 2. The summed E-state index contributed by atoms with van der Waals surface area (Å²) in [7, 11) is 0. The van der Waals surface area contributed by atoms with Gasteiger partial charge in [0, 0.05) is 25.3 Å². The Bertz CT molecular complexity index is 412. The van der Waals surface area contributed by atoms with Gasteiger partial charge in [-0.1, -0.05) is 6.92 Å². The second kappa shape index (κ2) is 5.87. The molecule has 4 nitrogen and oxygen atoms in total. The van der Waals surface area contributed by atoms with E-state index in [4.69, 9.17) is 4.98 Å². The van der Waals surface area contributed by atoms with E-state index in [1.807, 2.05) is 12.4 Å². The van der Waals surface area contributed by atoms with Gasteiger partial charge in [0.15, 0.2) is 0 Å². The smallest absolute Gasteiger partial charge is 0.147 e. The van der Waals surface area contributed by atoms with Gasteiger partial charge in [0.25, 0.3) is 0 Å². The summed E-state index contributed by atoms with van der Waals surface area (Å²) >= 11 is 0. The van der Waals surface area contributed by atoms with Gasteiger partial charge in [-0.25, -0.2) is 4.98 Å². The van der Waals surface area contributed by atoms with Gasteiger partial charge >= 0.3 is 0 Å². The first-order chi connectivity index (χ1) is 9.36. The van der Waals surface area contributed by atoms with Crippen LogP contribution in [-0.4, -0.2) is 29.1 Å². The van der Waals surface area contributed by atoms with Crippen LogP contribution < -0.4 is 10.2 Å². The van der Waals surface area contributed by atoms with Crippen molar-refractivity contribution in [3.8, 4) is 0 Å². The fourth-order valence-electron chi connectivity index (χ4n) is 2.41. The Labute approximate surface area is 115 Å². The largest absolute Gasteiger partial charge is 0.352 e. The lowest BCUT2D eigenvalue weighted by Crippen LogP contribution is -2.29. The molecule has 2 aliphatic rings. The summed E-state index contributed by atoms with van der Waals surface area (Å²) in [6.45, 7) is 5.24. The highest BCUT2D eigenvalue weighted by Crippen LogP contribution is 2.36. The molecule has 0 aliphatic heterocycles. The van der Waals surface area contributed by atoms with Crippen LogP contribution >= 0.6 is 0 Å². The molecule has 0 spiro atoms. The molecule has 104 valence electrons. The van der Waals surface area contributed by atoms with Gasteiger partial charge in [0.1, 0.15) is 5.82 Å². The van der Waals surface area contributed by atoms with Crippen LogP contribution in [0.25, 0.3) is 0 Å². The zero-order chi connectivity index (χ0) is 13.1. The minimum absolute atomic E-state index is 0.730. The third-order valence-electron chi connectivity index (χ3n) is 3.84. The molecule has 4 heteroatoms. The molecular formula is C15H24N4. The fourth-order valence-corrected chi connectivity index (χ4v) is 2.41. The molecule has 1 N–H and O–H groups in total. The average molecular weight is 260 g/mol. The van der Waals surface area contributed by atoms with E-state index in [-0.39, 0.29) is 0 Å². The Balaban J connectivity index is 1.65. The van der Waals surface area contributed by atoms with Crippen molar-refractivity contribution in [2.75, 3.05) is 18.0 Å². The number of anilines is 1. The molecule has 1 aromatic rings. The maximum absolute atomic E-state index is 4.79. The molecule has 2 fully saturated rings. The molecule has 0 bridgehead atoms. The Morgan fingerprint density at radius 2 is 2.11 bits per heavy atom. The quantitative estimate of drug-likeness (QED) is 0.729. The van der Waals surface area contributed by atoms with Gasteiger partial charge in [-0.05, 0) is 44.6 Å². The summed E-state index contributed by atoms with van der Waals surface area (Å²) in [5.41, 5.74) is 1.06. The van der Waals surface area contributed by atoms with E-state index in [9.17, 15) is 0 Å². The highest BCUT2D eigenvalue weighted by molar-refractivity contribution is 5.40. The van der Waals surface area contributed by atoms with Crippen LogP contribution in [0.15, 0.2) is 12.4 Å². The van der Waals surface area contributed by atoms with Gasteiger partial charge < -0.3 is 10.2 Å². The lowest BCUT2D eigenvalue weighted by molar-refractivity contribution is 0.655. The van der Waals surface area contributed by atoms with Gasteiger partial charge in [-0.15, -0.1) is 0 Å². The van der Waals surface area contributed by atoms with Crippen LogP contribution in [0.3, 0.4) is 0 Å². The molecule has 0 radical (unpaired) electrons. The molecule has 2 aliphatic carbocycles. The van der Waals surface area contributed by atoms with E-state index in [1.54, 1.807) is 0 Å². The van der Waals surface area contributed by atoms with Crippen molar-refractivity contribution in [2.45, 2.75) is 51.6 Å². The first-order valence-electron chi connectivity index (χ1n) is 7.65. The molecule has 1 aromatic heterocycles. The number of hydrogen-bond acceptors (Lipinski definition) is 4. The van der Waals surface area contributed by atoms with E-state index in [1.165, 1.54) is 32.2 Å². The average Bonchev–Trinajstić information content (AvgIpc) is 3.29. The van der Waals surface area contributed by atoms with E-state index >= 15 is 0 Å². The number of rotatable bonds is 8. The number of hydrogen-bond donors (Lipinski definition) is 1. The zero-order valence-electron chi connectivity index (χ0n) is 11.8. The van der Waals surface area contributed by atoms with Crippen molar-refractivity contribution in [3.63, 3.8) is 0 Å². The number of nitrogens with zero attached hydrogens (tertiary/aromatic N) is 3. The van der Waals surface area contributed by atoms with Crippen LogP contribution in [0.5, 0.6) is 0 Å². The summed E-state index contributed by atoms with van der Waals surface area (Å²) in [6.07, 6.45) is 10.4. The van der Waals surface area contributed by atoms with E-state index in [0.717, 1.165) is 43.0 Å². The van der Waals surface area contributed by atoms with Gasteiger partial charge in [-0.2, -0.15) is 0 Å². The van der Waals surface area contributed by atoms with Crippen LogP contribution in [0.4, 0.5) is 5.82 Å². The van der Waals surface area contributed by atoms with Crippen LogP contribution in [0.2, 0.25) is 0 Å². The molecule has 0 saturated heterocycles. The highest BCUT2D eigenvalue weighted by Gasteiger charge is 2.34. The third kappa shape index (κ3) is 3.66. The summed E-state index contributed by atoms with van der Waals surface area (Å²) in [4.78, 5) is 11.7. The molecule has 19 heavy (non-hydrogen) atoms. The number of nitrogens with one attached hydrogen (secondary N) is 1. The highest BCUT2D eigenvalue weighted by atomic mass is 15.2. The Morgan fingerprint density at radius 3 is 2.79 bits per heavy atom. The SMILES string of the molecule is CCCNCc1cncc(N(CC2CC2)C2CC2)n1. The Morgan fingerprint density at radius 1 is 1.26 bits per heavy atom. The Hall–Kier alpha value is -1.16. The Kier molecular flexibility index (Phi) is 3.97. The molecule has 1 heterocycles.